The summed E-state index contributed by atoms with van der Waals surface area (Å²) in [5.41, 5.74) is 2.30. The molecule has 3 heteroatoms. The maximum Gasteiger partial charge on any atom is 0.333 e. The number of aryl methyl sites for hydroxylation is 1. The highest BCUT2D eigenvalue weighted by Gasteiger charge is 2.17. The summed E-state index contributed by atoms with van der Waals surface area (Å²) in [7, 11) is 0. The zero-order valence-electron chi connectivity index (χ0n) is 10.5. The van der Waals surface area contributed by atoms with E-state index in [9.17, 15) is 4.79 Å². The van der Waals surface area contributed by atoms with Gasteiger partial charge in [0.25, 0.3) is 0 Å². The van der Waals surface area contributed by atoms with E-state index in [1.54, 1.807) is 6.92 Å². The molecule has 0 fully saturated rings. The second kappa shape index (κ2) is 7.07. The summed E-state index contributed by atoms with van der Waals surface area (Å²) >= 11 is 0. The third-order valence-electron chi connectivity index (χ3n) is 2.63. The van der Waals surface area contributed by atoms with E-state index >= 15 is 0 Å². The summed E-state index contributed by atoms with van der Waals surface area (Å²) in [4.78, 5) is 10.9. The zero-order chi connectivity index (χ0) is 12.7. The molecule has 0 bridgehead atoms. The van der Waals surface area contributed by atoms with E-state index in [0.717, 1.165) is 18.4 Å². The van der Waals surface area contributed by atoms with Gasteiger partial charge >= 0.3 is 5.97 Å². The van der Waals surface area contributed by atoms with Crippen LogP contribution in [-0.2, 0) is 22.4 Å². The average molecular weight is 236 g/mol. The van der Waals surface area contributed by atoms with Crippen LogP contribution < -0.4 is 0 Å². The third-order valence-corrected chi connectivity index (χ3v) is 2.63. The van der Waals surface area contributed by atoms with E-state index in [0.29, 0.717) is 13.0 Å². The number of hydrogen-bond donors (Lipinski definition) is 1. The molecule has 0 heterocycles. The molecule has 1 unspecified atom stereocenters. The van der Waals surface area contributed by atoms with Crippen LogP contribution >= 0.6 is 0 Å². The maximum absolute atomic E-state index is 10.9. The molecule has 0 aliphatic rings. The van der Waals surface area contributed by atoms with E-state index < -0.39 is 12.1 Å². The Morgan fingerprint density at radius 2 is 1.82 bits per heavy atom. The molecule has 94 valence electrons. The second-order valence-electron chi connectivity index (χ2n) is 4.05. The van der Waals surface area contributed by atoms with Gasteiger partial charge in [0.1, 0.15) is 0 Å². The SMILES string of the molecule is CCCc1ccc(CC(OCC)C(=O)O)cc1. The molecule has 1 atom stereocenters. The summed E-state index contributed by atoms with van der Waals surface area (Å²) in [5, 5.41) is 8.98. The molecule has 0 aliphatic heterocycles. The number of rotatable bonds is 7. The van der Waals surface area contributed by atoms with Crippen molar-refractivity contribution < 1.29 is 14.6 Å². The van der Waals surface area contributed by atoms with Crippen LogP contribution in [0.5, 0.6) is 0 Å². The third kappa shape index (κ3) is 4.57. The molecule has 0 saturated heterocycles. The van der Waals surface area contributed by atoms with Gasteiger partial charge in [-0.05, 0) is 24.5 Å². The summed E-state index contributed by atoms with van der Waals surface area (Å²) in [6.07, 6.45) is 1.87. The molecular formula is C14H20O3. The van der Waals surface area contributed by atoms with E-state index in [4.69, 9.17) is 9.84 Å². The Kier molecular flexibility index (Phi) is 5.70. The van der Waals surface area contributed by atoms with Crippen LogP contribution in [0.15, 0.2) is 24.3 Å². The molecule has 0 saturated carbocycles. The predicted molar refractivity (Wildman–Crippen MR) is 67.2 cm³/mol. The fourth-order valence-electron chi connectivity index (χ4n) is 1.76. The number of hydrogen-bond acceptors (Lipinski definition) is 2. The van der Waals surface area contributed by atoms with Gasteiger partial charge in [0.15, 0.2) is 6.10 Å². The fourth-order valence-corrected chi connectivity index (χ4v) is 1.76. The molecule has 3 nitrogen and oxygen atoms in total. The Labute approximate surface area is 102 Å². The molecule has 0 amide bonds. The summed E-state index contributed by atoms with van der Waals surface area (Å²) in [5.74, 6) is -0.899. The van der Waals surface area contributed by atoms with Crippen LogP contribution in [0.25, 0.3) is 0 Å². The monoisotopic (exact) mass is 236 g/mol. The highest BCUT2D eigenvalue weighted by atomic mass is 16.5. The van der Waals surface area contributed by atoms with Crippen LogP contribution in [0.3, 0.4) is 0 Å². The van der Waals surface area contributed by atoms with Gasteiger partial charge in [0.05, 0.1) is 0 Å². The Morgan fingerprint density at radius 3 is 2.29 bits per heavy atom. The predicted octanol–water partition coefficient (Wildman–Crippen LogP) is 2.67. The van der Waals surface area contributed by atoms with E-state index in [-0.39, 0.29) is 0 Å². The van der Waals surface area contributed by atoms with Crippen molar-refractivity contribution in [2.24, 2.45) is 0 Å². The van der Waals surface area contributed by atoms with E-state index in [1.807, 2.05) is 12.1 Å². The molecule has 1 aromatic carbocycles. The van der Waals surface area contributed by atoms with Crippen molar-refractivity contribution in [1.29, 1.82) is 0 Å². The average Bonchev–Trinajstić information content (AvgIpc) is 2.31. The van der Waals surface area contributed by atoms with Gasteiger partial charge in [-0.2, -0.15) is 0 Å². The van der Waals surface area contributed by atoms with Gasteiger partial charge in [-0.15, -0.1) is 0 Å². The number of aliphatic carboxylic acids is 1. The highest BCUT2D eigenvalue weighted by Crippen LogP contribution is 2.10. The van der Waals surface area contributed by atoms with Gasteiger partial charge in [-0.1, -0.05) is 37.6 Å². The first kappa shape index (κ1) is 13.7. The van der Waals surface area contributed by atoms with Crippen molar-refractivity contribution in [2.45, 2.75) is 39.2 Å². The molecule has 0 radical (unpaired) electrons. The zero-order valence-corrected chi connectivity index (χ0v) is 10.5. The van der Waals surface area contributed by atoms with Crippen molar-refractivity contribution in [3.63, 3.8) is 0 Å². The number of ether oxygens (including phenoxy) is 1. The van der Waals surface area contributed by atoms with Gasteiger partial charge in [-0.25, -0.2) is 4.79 Å². The van der Waals surface area contributed by atoms with Crippen LogP contribution in [0.1, 0.15) is 31.4 Å². The molecule has 1 N–H and O–H groups in total. The van der Waals surface area contributed by atoms with Gasteiger partial charge in [0, 0.05) is 13.0 Å². The van der Waals surface area contributed by atoms with Crippen molar-refractivity contribution in [3.05, 3.63) is 35.4 Å². The Bertz CT molecular complexity index is 343. The molecule has 1 rings (SSSR count). The number of benzene rings is 1. The first-order chi connectivity index (χ1) is 8.17. The fraction of sp³-hybridized carbons (Fsp3) is 0.500. The molecule has 1 aromatic rings. The summed E-state index contributed by atoms with van der Waals surface area (Å²) in [6, 6.07) is 8.09. The standard InChI is InChI=1S/C14H20O3/c1-3-5-11-6-8-12(9-7-11)10-13(14(15)16)17-4-2/h6-9,13H,3-5,10H2,1-2H3,(H,15,16). The lowest BCUT2D eigenvalue weighted by atomic mass is 10.0. The van der Waals surface area contributed by atoms with Crippen molar-refractivity contribution in [3.8, 4) is 0 Å². The van der Waals surface area contributed by atoms with Crippen LogP contribution in [0.4, 0.5) is 0 Å². The molecule has 0 aromatic heterocycles. The maximum atomic E-state index is 10.9. The van der Waals surface area contributed by atoms with Gasteiger partial charge in [0.2, 0.25) is 0 Å². The summed E-state index contributed by atoms with van der Waals surface area (Å²) in [6.45, 7) is 4.37. The number of carbonyl (C=O) groups is 1. The minimum Gasteiger partial charge on any atom is -0.479 e. The largest absolute Gasteiger partial charge is 0.479 e. The highest BCUT2D eigenvalue weighted by molar-refractivity contribution is 5.72. The van der Waals surface area contributed by atoms with Crippen LogP contribution in [0.2, 0.25) is 0 Å². The van der Waals surface area contributed by atoms with E-state index in [1.165, 1.54) is 5.56 Å². The first-order valence-corrected chi connectivity index (χ1v) is 6.09. The van der Waals surface area contributed by atoms with Crippen molar-refractivity contribution in [1.82, 2.24) is 0 Å². The smallest absolute Gasteiger partial charge is 0.333 e. The van der Waals surface area contributed by atoms with Gasteiger partial charge < -0.3 is 9.84 Å². The summed E-state index contributed by atoms with van der Waals surface area (Å²) < 4.78 is 5.19. The van der Waals surface area contributed by atoms with Gasteiger partial charge in [-0.3, -0.25) is 0 Å². The lowest BCUT2D eigenvalue weighted by Crippen LogP contribution is -2.26. The quantitative estimate of drug-likeness (QED) is 0.791. The molecule has 0 spiro atoms. The Morgan fingerprint density at radius 1 is 1.24 bits per heavy atom. The lowest BCUT2D eigenvalue weighted by molar-refractivity contribution is -0.149. The molecular weight excluding hydrogens is 216 g/mol. The lowest BCUT2D eigenvalue weighted by Gasteiger charge is -2.12. The number of carboxylic acid groups (broad SMARTS) is 1. The minimum absolute atomic E-state index is 0.422. The van der Waals surface area contributed by atoms with E-state index in [2.05, 4.69) is 19.1 Å². The van der Waals surface area contributed by atoms with Crippen molar-refractivity contribution in [2.75, 3.05) is 6.61 Å². The molecule has 17 heavy (non-hydrogen) atoms. The Hall–Kier alpha value is -1.35. The van der Waals surface area contributed by atoms with Crippen LogP contribution in [0, 0.1) is 0 Å². The first-order valence-electron chi connectivity index (χ1n) is 6.09. The number of carboxylic acids is 1. The minimum atomic E-state index is -0.899. The normalized spacial score (nSPS) is 12.4. The molecule has 0 aliphatic carbocycles. The van der Waals surface area contributed by atoms with Crippen LogP contribution in [-0.4, -0.2) is 23.8 Å². The second-order valence-corrected chi connectivity index (χ2v) is 4.05. The topological polar surface area (TPSA) is 46.5 Å². The Balaban J connectivity index is 2.63. The van der Waals surface area contributed by atoms with Crippen molar-refractivity contribution >= 4 is 5.97 Å².